The maximum absolute atomic E-state index is 3.98. The van der Waals surface area contributed by atoms with Crippen molar-refractivity contribution < 1.29 is 0 Å². The number of rotatable bonds is 7. The molecule has 1 saturated carbocycles. The first-order chi connectivity index (χ1) is 16.3. The molecule has 190 valence electrons. The van der Waals surface area contributed by atoms with Crippen LogP contribution in [0.4, 0.5) is 0 Å². The largest absolute Gasteiger partial charge is 0.272 e. The van der Waals surface area contributed by atoms with Gasteiger partial charge in [-0.2, -0.15) is 0 Å². The average molecular weight is 464 g/mol. The zero-order valence-electron chi connectivity index (χ0n) is 23.3. The van der Waals surface area contributed by atoms with E-state index in [2.05, 4.69) is 71.5 Å². The van der Waals surface area contributed by atoms with Gasteiger partial charge in [-0.1, -0.05) is 64.3 Å². The van der Waals surface area contributed by atoms with Crippen LogP contribution in [0.5, 0.6) is 0 Å². The number of hydrogen-bond donors (Lipinski definition) is 0. The van der Waals surface area contributed by atoms with Gasteiger partial charge >= 0.3 is 0 Å². The molecular formula is C33H53N. The van der Waals surface area contributed by atoms with Crippen molar-refractivity contribution in [3.63, 3.8) is 0 Å². The van der Waals surface area contributed by atoms with E-state index in [1.165, 1.54) is 81.8 Å². The van der Waals surface area contributed by atoms with Crippen LogP contribution in [0.3, 0.4) is 0 Å². The van der Waals surface area contributed by atoms with Crippen LogP contribution in [0.15, 0.2) is 51.7 Å². The van der Waals surface area contributed by atoms with Gasteiger partial charge in [0.15, 0.2) is 0 Å². The fourth-order valence-corrected chi connectivity index (χ4v) is 7.50. The molecule has 6 unspecified atom stereocenters. The third-order valence-corrected chi connectivity index (χ3v) is 10.0. The van der Waals surface area contributed by atoms with Crippen molar-refractivity contribution in [1.82, 2.24) is 0 Å². The van der Waals surface area contributed by atoms with Gasteiger partial charge in [-0.15, -0.1) is 0 Å². The standard InChI is InChI=1S/C33H53N/c1-8-27-15-18-31-21-30-17-14-25(4)32(12-10-11-29(30)19-20-33(31,6)22-27)24(3)13-16-28(9-2)26(5)23-34-7/h9,18,21,23-25,27,29,32H,7-8,10-17,19-20,22H2,1-6H3. The molecule has 1 fully saturated rings. The number of hydrogen-bond acceptors (Lipinski definition) is 1. The molecule has 0 aromatic rings. The van der Waals surface area contributed by atoms with E-state index in [-0.39, 0.29) is 0 Å². The molecule has 3 aliphatic carbocycles. The van der Waals surface area contributed by atoms with Gasteiger partial charge in [0.25, 0.3) is 0 Å². The van der Waals surface area contributed by atoms with Gasteiger partial charge in [0, 0.05) is 6.20 Å². The van der Waals surface area contributed by atoms with Crippen molar-refractivity contribution >= 4 is 6.72 Å². The van der Waals surface area contributed by atoms with Crippen molar-refractivity contribution in [3.8, 4) is 0 Å². The van der Waals surface area contributed by atoms with Crippen LogP contribution in [-0.2, 0) is 0 Å². The number of allylic oxidation sites excluding steroid dienone is 7. The maximum Gasteiger partial charge on any atom is 0.0292 e. The van der Waals surface area contributed by atoms with Crippen LogP contribution in [0.2, 0.25) is 0 Å². The summed E-state index contributed by atoms with van der Waals surface area (Å²) >= 11 is 0. The molecule has 3 rings (SSSR count). The Morgan fingerprint density at radius 3 is 2.76 bits per heavy atom. The first kappa shape index (κ1) is 27.2. The van der Waals surface area contributed by atoms with Crippen LogP contribution in [0.25, 0.3) is 0 Å². The summed E-state index contributed by atoms with van der Waals surface area (Å²) in [4.78, 5) is 3.98. The summed E-state index contributed by atoms with van der Waals surface area (Å²) in [6.07, 6.45) is 25.8. The average Bonchev–Trinajstić information content (AvgIpc) is 2.90. The first-order valence-electron chi connectivity index (χ1n) is 14.5. The fraction of sp³-hybridized carbons (Fsp3) is 0.727. The Hall–Kier alpha value is -1.37. The molecule has 6 atom stereocenters. The summed E-state index contributed by atoms with van der Waals surface area (Å²) < 4.78 is 0. The van der Waals surface area contributed by atoms with Crippen molar-refractivity contribution in [3.05, 3.63) is 46.7 Å². The fourth-order valence-electron chi connectivity index (χ4n) is 7.50. The number of nitrogens with zero attached hydrogens (tertiary/aromatic N) is 1. The van der Waals surface area contributed by atoms with Crippen molar-refractivity contribution in [2.45, 2.75) is 119 Å². The lowest BCUT2D eigenvalue weighted by Gasteiger charge is -2.38. The monoisotopic (exact) mass is 463 g/mol. The van der Waals surface area contributed by atoms with Crippen molar-refractivity contribution in [2.75, 3.05) is 0 Å². The molecule has 0 aliphatic heterocycles. The van der Waals surface area contributed by atoms with E-state index in [1.807, 2.05) is 6.20 Å². The Bertz CT molecular complexity index is 808. The van der Waals surface area contributed by atoms with Crippen LogP contribution >= 0.6 is 0 Å². The van der Waals surface area contributed by atoms with E-state index in [0.29, 0.717) is 5.41 Å². The number of fused-ring (bicyclic) bond motifs is 2. The van der Waals surface area contributed by atoms with Crippen LogP contribution in [0.1, 0.15) is 119 Å². The summed E-state index contributed by atoms with van der Waals surface area (Å²) in [5.41, 5.74) is 6.65. The SMILES string of the molecule is C=NC=C(C)C(=CC)CCC(C)C1CCCC2CCC3(C)CC(CC)CC=C3C=C2CCC1C. The summed E-state index contributed by atoms with van der Waals surface area (Å²) in [5.74, 6) is 4.18. The molecule has 0 heterocycles. The lowest BCUT2D eigenvalue weighted by atomic mass is 9.67. The molecular weight excluding hydrogens is 410 g/mol. The topological polar surface area (TPSA) is 12.4 Å². The minimum atomic E-state index is 0.434. The Balaban J connectivity index is 1.68. The highest BCUT2D eigenvalue weighted by Crippen LogP contribution is 2.50. The van der Waals surface area contributed by atoms with E-state index in [0.717, 1.165) is 36.0 Å². The van der Waals surface area contributed by atoms with E-state index >= 15 is 0 Å². The highest BCUT2D eigenvalue weighted by atomic mass is 14.6. The Labute approximate surface area is 212 Å². The van der Waals surface area contributed by atoms with Gasteiger partial charge in [-0.25, -0.2) is 0 Å². The van der Waals surface area contributed by atoms with Crippen molar-refractivity contribution in [2.24, 2.45) is 40.0 Å². The Morgan fingerprint density at radius 1 is 1.26 bits per heavy atom. The van der Waals surface area contributed by atoms with Gasteiger partial charge in [0.2, 0.25) is 0 Å². The maximum atomic E-state index is 3.98. The lowest BCUT2D eigenvalue weighted by molar-refractivity contribution is 0.214. The molecule has 0 aromatic heterocycles. The Morgan fingerprint density at radius 2 is 2.06 bits per heavy atom. The van der Waals surface area contributed by atoms with E-state index in [1.54, 1.807) is 11.1 Å². The van der Waals surface area contributed by atoms with E-state index in [9.17, 15) is 0 Å². The Kier molecular flexibility index (Phi) is 10.0. The molecule has 34 heavy (non-hydrogen) atoms. The summed E-state index contributed by atoms with van der Waals surface area (Å²) in [6, 6.07) is 0. The molecule has 0 N–H and O–H groups in total. The second kappa shape index (κ2) is 12.5. The first-order valence-corrected chi connectivity index (χ1v) is 14.5. The van der Waals surface area contributed by atoms with Gasteiger partial charge < -0.3 is 0 Å². The molecule has 0 saturated heterocycles. The summed E-state index contributed by atoms with van der Waals surface area (Å²) in [5, 5.41) is 0. The van der Waals surface area contributed by atoms with E-state index in [4.69, 9.17) is 0 Å². The predicted octanol–water partition coefficient (Wildman–Crippen LogP) is 10.3. The molecule has 1 nitrogen and oxygen atoms in total. The summed E-state index contributed by atoms with van der Waals surface area (Å²) in [6.45, 7) is 18.0. The third-order valence-electron chi connectivity index (χ3n) is 10.0. The third kappa shape index (κ3) is 6.64. The molecule has 3 aliphatic rings. The highest BCUT2D eigenvalue weighted by Gasteiger charge is 2.37. The van der Waals surface area contributed by atoms with Gasteiger partial charge in [-0.3, -0.25) is 4.99 Å². The normalized spacial score (nSPS) is 34.3. The van der Waals surface area contributed by atoms with Crippen LogP contribution in [-0.4, -0.2) is 6.72 Å². The molecule has 0 aromatic carbocycles. The quantitative estimate of drug-likeness (QED) is 0.263. The van der Waals surface area contributed by atoms with Gasteiger partial charge in [0.1, 0.15) is 0 Å². The number of aliphatic imine (C=N–C) groups is 1. The molecule has 0 amide bonds. The molecule has 0 bridgehead atoms. The predicted molar refractivity (Wildman–Crippen MR) is 151 cm³/mol. The minimum absolute atomic E-state index is 0.434. The summed E-state index contributed by atoms with van der Waals surface area (Å²) in [7, 11) is 0. The second-order valence-corrected chi connectivity index (χ2v) is 12.3. The van der Waals surface area contributed by atoms with Crippen LogP contribution in [0, 0.1) is 35.0 Å². The highest BCUT2D eigenvalue weighted by molar-refractivity contribution is 5.35. The van der Waals surface area contributed by atoms with Gasteiger partial charge in [-0.05, 0) is 136 Å². The lowest BCUT2D eigenvalue weighted by Crippen LogP contribution is -2.25. The van der Waals surface area contributed by atoms with Crippen molar-refractivity contribution in [1.29, 1.82) is 0 Å². The second-order valence-electron chi connectivity index (χ2n) is 12.3. The smallest absolute Gasteiger partial charge is 0.0292 e. The minimum Gasteiger partial charge on any atom is -0.272 e. The zero-order valence-corrected chi connectivity index (χ0v) is 23.3. The van der Waals surface area contributed by atoms with Crippen LogP contribution < -0.4 is 0 Å². The van der Waals surface area contributed by atoms with E-state index < -0.39 is 0 Å². The molecule has 0 spiro atoms. The molecule has 1 heteroatoms. The van der Waals surface area contributed by atoms with Gasteiger partial charge in [0.05, 0.1) is 0 Å². The molecule has 0 radical (unpaired) electrons. The zero-order chi connectivity index (χ0) is 24.7.